The lowest BCUT2D eigenvalue weighted by Crippen LogP contribution is -2.39. The topological polar surface area (TPSA) is 71.5 Å². The fourth-order valence-electron chi connectivity index (χ4n) is 3.31. The van der Waals surface area contributed by atoms with Crippen LogP contribution in [0.2, 0.25) is 5.02 Å². The third-order valence-electron chi connectivity index (χ3n) is 4.95. The van der Waals surface area contributed by atoms with Crippen molar-refractivity contribution in [1.82, 2.24) is 19.9 Å². The van der Waals surface area contributed by atoms with Gasteiger partial charge in [0.2, 0.25) is 0 Å². The number of amides is 1. The summed E-state index contributed by atoms with van der Waals surface area (Å²) in [6.45, 7) is 6.79. The lowest BCUT2D eigenvalue weighted by Gasteiger charge is -2.27. The van der Waals surface area contributed by atoms with E-state index in [1.165, 1.54) is 23.7 Å². The molecule has 0 saturated carbocycles. The number of hydrogen-bond acceptors (Lipinski definition) is 7. The molecule has 29 heavy (non-hydrogen) atoms. The fourth-order valence-corrected chi connectivity index (χ4v) is 4.52. The molecule has 1 saturated heterocycles. The Balaban J connectivity index is 1.59. The SMILES string of the molecule is Cc1c(Cl)ccc2sc(N(CCCN3CCOCC3)C(=O)c3cnccn3)nc12. The summed E-state index contributed by atoms with van der Waals surface area (Å²) >= 11 is 7.75. The Labute approximate surface area is 178 Å². The van der Waals surface area contributed by atoms with Gasteiger partial charge in [0.15, 0.2) is 5.13 Å². The summed E-state index contributed by atoms with van der Waals surface area (Å²) in [4.78, 5) is 30.2. The number of rotatable bonds is 6. The Morgan fingerprint density at radius 3 is 2.90 bits per heavy atom. The molecular weight excluding hydrogens is 410 g/mol. The standard InChI is InChI=1S/C20H22ClN5O2S/c1-14-15(21)3-4-17-18(14)24-20(29-17)26(19(27)16-13-22-5-6-23-16)8-2-7-25-9-11-28-12-10-25/h3-6,13H,2,7-12H2,1H3. The van der Waals surface area contributed by atoms with Crippen LogP contribution in [0.5, 0.6) is 0 Å². The van der Waals surface area contributed by atoms with Crippen LogP contribution in [0.15, 0.2) is 30.7 Å². The molecule has 0 radical (unpaired) electrons. The number of fused-ring (bicyclic) bond motifs is 1. The van der Waals surface area contributed by atoms with Gasteiger partial charge in [-0.1, -0.05) is 22.9 Å². The number of morpholine rings is 1. The monoisotopic (exact) mass is 431 g/mol. The van der Waals surface area contributed by atoms with E-state index in [4.69, 9.17) is 21.3 Å². The van der Waals surface area contributed by atoms with Gasteiger partial charge in [-0.15, -0.1) is 0 Å². The average molecular weight is 432 g/mol. The van der Waals surface area contributed by atoms with Crippen molar-refractivity contribution in [2.24, 2.45) is 0 Å². The summed E-state index contributed by atoms with van der Waals surface area (Å²) in [5.41, 5.74) is 2.07. The van der Waals surface area contributed by atoms with Gasteiger partial charge in [-0.05, 0) is 31.0 Å². The Bertz CT molecular complexity index is 991. The lowest BCUT2D eigenvalue weighted by molar-refractivity contribution is 0.0376. The normalized spacial score (nSPS) is 15.0. The van der Waals surface area contributed by atoms with Crippen LogP contribution in [0, 0.1) is 6.92 Å². The van der Waals surface area contributed by atoms with Crippen LogP contribution in [0.25, 0.3) is 10.2 Å². The highest BCUT2D eigenvalue weighted by Crippen LogP contribution is 2.34. The maximum atomic E-state index is 13.2. The van der Waals surface area contributed by atoms with Crippen LogP contribution < -0.4 is 4.90 Å². The van der Waals surface area contributed by atoms with Crippen molar-refractivity contribution in [3.05, 3.63) is 47.0 Å². The van der Waals surface area contributed by atoms with Crippen molar-refractivity contribution in [1.29, 1.82) is 0 Å². The molecule has 1 aliphatic rings. The van der Waals surface area contributed by atoms with Gasteiger partial charge in [-0.25, -0.2) is 9.97 Å². The van der Waals surface area contributed by atoms with Crippen molar-refractivity contribution in [3.8, 4) is 0 Å². The van der Waals surface area contributed by atoms with Gasteiger partial charge in [0.1, 0.15) is 5.69 Å². The van der Waals surface area contributed by atoms with E-state index < -0.39 is 0 Å². The number of nitrogens with zero attached hydrogens (tertiary/aromatic N) is 5. The first-order valence-corrected chi connectivity index (χ1v) is 10.8. The molecular formula is C20H22ClN5O2S. The molecule has 3 heterocycles. The van der Waals surface area contributed by atoms with E-state index in [2.05, 4.69) is 14.9 Å². The number of halogens is 1. The quantitative estimate of drug-likeness (QED) is 0.595. The first-order valence-electron chi connectivity index (χ1n) is 9.57. The van der Waals surface area contributed by atoms with Crippen LogP contribution in [0.4, 0.5) is 5.13 Å². The number of carbonyl (C=O) groups excluding carboxylic acids is 1. The molecule has 152 valence electrons. The molecule has 1 amide bonds. The minimum Gasteiger partial charge on any atom is -0.379 e. The molecule has 0 unspecified atom stereocenters. The summed E-state index contributed by atoms with van der Waals surface area (Å²) < 4.78 is 6.41. The number of carbonyl (C=O) groups is 1. The summed E-state index contributed by atoms with van der Waals surface area (Å²) in [7, 11) is 0. The molecule has 1 aromatic carbocycles. The molecule has 3 aromatic rings. The summed E-state index contributed by atoms with van der Waals surface area (Å²) in [5.74, 6) is -0.192. The van der Waals surface area contributed by atoms with Crippen molar-refractivity contribution in [2.75, 3.05) is 44.3 Å². The largest absolute Gasteiger partial charge is 0.379 e. The van der Waals surface area contributed by atoms with E-state index >= 15 is 0 Å². The smallest absolute Gasteiger partial charge is 0.280 e. The lowest BCUT2D eigenvalue weighted by atomic mass is 10.2. The van der Waals surface area contributed by atoms with Crippen molar-refractivity contribution in [2.45, 2.75) is 13.3 Å². The Morgan fingerprint density at radius 2 is 2.14 bits per heavy atom. The molecule has 0 aliphatic carbocycles. The number of benzene rings is 1. The number of anilines is 1. The number of thiazole rings is 1. The molecule has 7 nitrogen and oxygen atoms in total. The van der Waals surface area contributed by atoms with Crippen molar-refractivity contribution >= 4 is 44.2 Å². The summed E-state index contributed by atoms with van der Waals surface area (Å²) in [6, 6.07) is 3.82. The molecule has 9 heteroatoms. The molecule has 1 fully saturated rings. The van der Waals surface area contributed by atoms with E-state index in [1.54, 1.807) is 11.1 Å². The molecule has 0 atom stereocenters. The Hall–Kier alpha value is -2.13. The number of hydrogen-bond donors (Lipinski definition) is 0. The van der Waals surface area contributed by atoms with Crippen molar-refractivity contribution < 1.29 is 9.53 Å². The van der Waals surface area contributed by atoms with Crippen LogP contribution >= 0.6 is 22.9 Å². The zero-order valence-corrected chi connectivity index (χ0v) is 17.7. The van der Waals surface area contributed by atoms with Gasteiger partial charge in [0.25, 0.3) is 5.91 Å². The van der Waals surface area contributed by atoms with Crippen LogP contribution in [0.3, 0.4) is 0 Å². The molecule has 0 bridgehead atoms. The maximum absolute atomic E-state index is 13.2. The van der Waals surface area contributed by atoms with Crippen LogP contribution in [-0.4, -0.2) is 65.2 Å². The first-order chi connectivity index (χ1) is 14.1. The van der Waals surface area contributed by atoms with Gasteiger partial charge in [-0.2, -0.15) is 0 Å². The number of aromatic nitrogens is 3. The minimum atomic E-state index is -0.192. The minimum absolute atomic E-state index is 0.192. The second-order valence-electron chi connectivity index (χ2n) is 6.87. The highest BCUT2D eigenvalue weighted by Gasteiger charge is 2.23. The van der Waals surface area contributed by atoms with Crippen LogP contribution in [-0.2, 0) is 4.74 Å². The zero-order valence-electron chi connectivity index (χ0n) is 16.2. The van der Waals surface area contributed by atoms with Gasteiger partial charge >= 0.3 is 0 Å². The maximum Gasteiger partial charge on any atom is 0.280 e. The molecule has 0 spiro atoms. The number of aryl methyl sites for hydroxylation is 1. The predicted molar refractivity (Wildman–Crippen MR) is 115 cm³/mol. The van der Waals surface area contributed by atoms with Crippen molar-refractivity contribution in [3.63, 3.8) is 0 Å². The second-order valence-corrected chi connectivity index (χ2v) is 8.29. The fraction of sp³-hybridized carbons (Fsp3) is 0.400. The van der Waals surface area contributed by atoms with E-state index in [9.17, 15) is 4.79 Å². The summed E-state index contributed by atoms with van der Waals surface area (Å²) in [5, 5.41) is 1.33. The van der Waals surface area contributed by atoms with Gasteiger partial charge in [0.05, 0.1) is 29.6 Å². The number of ether oxygens (including phenoxy) is 1. The first kappa shape index (κ1) is 20.2. The van der Waals surface area contributed by atoms with E-state index in [1.807, 2.05) is 19.1 Å². The van der Waals surface area contributed by atoms with E-state index in [-0.39, 0.29) is 5.91 Å². The molecule has 1 aliphatic heterocycles. The van der Waals surface area contributed by atoms with E-state index in [0.717, 1.165) is 55.0 Å². The Morgan fingerprint density at radius 1 is 1.31 bits per heavy atom. The van der Waals surface area contributed by atoms with Gasteiger partial charge in [-0.3, -0.25) is 19.6 Å². The third-order valence-corrected chi connectivity index (χ3v) is 6.41. The third kappa shape index (κ3) is 4.56. The average Bonchev–Trinajstić information content (AvgIpc) is 3.19. The van der Waals surface area contributed by atoms with Gasteiger partial charge < -0.3 is 4.74 Å². The predicted octanol–water partition coefficient (Wildman–Crippen LogP) is 3.42. The van der Waals surface area contributed by atoms with E-state index in [0.29, 0.717) is 22.4 Å². The van der Waals surface area contributed by atoms with Gasteiger partial charge in [0, 0.05) is 43.6 Å². The highest BCUT2D eigenvalue weighted by molar-refractivity contribution is 7.22. The Kier molecular flexibility index (Phi) is 6.34. The van der Waals surface area contributed by atoms with Crippen LogP contribution in [0.1, 0.15) is 22.5 Å². The summed E-state index contributed by atoms with van der Waals surface area (Å²) in [6.07, 6.45) is 5.42. The second kappa shape index (κ2) is 9.13. The molecule has 0 N–H and O–H groups in total. The molecule has 4 rings (SSSR count). The zero-order chi connectivity index (χ0) is 20.2. The highest BCUT2D eigenvalue weighted by atomic mass is 35.5. The molecule has 2 aromatic heterocycles.